The highest BCUT2D eigenvalue weighted by Crippen LogP contribution is 2.23. The van der Waals surface area contributed by atoms with Crippen molar-refractivity contribution in [1.82, 2.24) is 4.31 Å². The second kappa shape index (κ2) is 8.32. The molecule has 6 nitrogen and oxygen atoms in total. The van der Waals surface area contributed by atoms with Crippen LogP contribution in [0.2, 0.25) is 5.02 Å². The zero-order valence-electron chi connectivity index (χ0n) is 15.8. The van der Waals surface area contributed by atoms with E-state index in [-0.39, 0.29) is 21.3 Å². The van der Waals surface area contributed by atoms with Crippen LogP contribution in [-0.2, 0) is 14.8 Å². The first-order valence-electron chi connectivity index (χ1n) is 8.61. The molecule has 0 bridgehead atoms. The zero-order chi connectivity index (χ0) is 21.2. The Morgan fingerprint density at radius 3 is 2.34 bits per heavy atom. The Morgan fingerprint density at radius 2 is 1.66 bits per heavy atom. The maximum absolute atomic E-state index is 12.4. The van der Waals surface area contributed by atoms with Crippen LogP contribution in [0.5, 0.6) is 0 Å². The van der Waals surface area contributed by atoms with Crippen molar-refractivity contribution in [3.05, 3.63) is 76.8 Å². The third-order valence-electron chi connectivity index (χ3n) is 4.34. The Kier molecular flexibility index (Phi) is 6.02. The molecule has 0 aliphatic carbocycles. The number of rotatable bonds is 6. The van der Waals surface area contributed by atoms with Gasteiger partial charge in [-0.2, -0.15) is 0 Å². The molecule has 0 aliphatic rings. The van der Waals surface area contributed by atoms with Gasteiger partial charge in [-0.15, -0.1) is 0 Å². The molecule has 8 heteroatoms. The lowest BCUT2D eigenvalue weighted by molar-refractivity contribution is 0.0474. The Labute approximate surface area is 173 Å². The lowest BCUT2D eigenvalue weighted by atomic mass is 10.0. The Balaban J connectivity index is 1.77. The summed E-state index contributed by atoms with van der Waals surface area (Å²) in [7, 11) is -0.986. The Hall–Kier alpha value is -2.74. The number of halogens is 1. The molecule has 0 unspecified atom stereocenters. The molecule has 0 heterocycles. The molecule has 0 atom stereocenters. The van der Waals surface area contributed by atoms with Crippen LogP contribution >= 0.6 is 11.6 Å². The van der Waals surface area contributed by atoms with Crippen molar-refractivity contribution >= 4 is 44.1 Å². The van der Waals surface area contributed by atoms with Gasteiger partial charge in [0.2, 0.25) is 10.0 Å². The van der Waals surface area contributed by atoms with E-state index in [1.165, 1.54) is 26.2 Å². The van der Waals surface area contributed by atoms with Crippen LogP contribution in [0.25, 0.3) is 10.8 Å². The van der Waals surface area contributed by atoms with E-state index in [1.54, 1.807) is 12.1 Å². The minimum Gasteiger partial charge on any atom is -0.454 e. The largest absolute Gasteiger partial charge is 0.454 e. The van der Waals surface area contributed by atoms with Gasteiger partial charge in [-0.1, -0.05) is 48.0 Å². The van der Waals surface area contributed by atoms with E-state index in [9.17, 15) is 18.0 Å². The van der Waals surface area contributed by atoms with Crippen molar-refractivity contribution < 1.29 is 22.7 Å². The summed E-state index contributed by atoms with van der Waals surface area (Å²) in [5.74, 6) is -1.25. The lowest BCUT2D eigenvalue weighted by Crippen LogP contribution is -2.22. The van der Waals surface area contributed by atoms with E-state index in [1.807, 2.05) is 30.3 Å². The number of esters is 1. The van der Waals surface area contributed by atoms with Gasteiger partial charge in [0.15, 0.2) is 12.4 Å². The third-order valence-corrected chi connectivity index (χ3v) is 6.48. The number of hydrogen-bond donors (Lipinski definition) is 0. The van der Waals surface area contributed by atoms with Crippen LogP contribution in [0.1, 0.15) is 20.7 Å². The van der Waals surface area contributed by atoms with E-state index >= 15 is 0 Å². The molecule has 0 spiro atoms. The third kappa shape index (κ3) is 4.48. The highest BCUT2D eigenvalue weighted by molar-refractivity contribution is 7.89. The maximum Gasteiger partial charge on any atom is 0.340 e. The molecule has 0 saturated heterocycles. The second-order valence-corrected chi connectivity index (χ2v) is 9.05. The molecule has 0 amide bonds. The van der Waals surface area contributed by atoms with Crippen molar-refractivity contribution in [2.45, 2.75) is 4.90 Å². The number of fused-ring (bicyclic) bond motifs is 1. The topological polar surface area (TPSA) is 80.8 Å². The van der Waals surface area contributed by atoms with Crippen molar-refractivity contribution in [2.24, 2.45) is 0 Å². The fraction of sp³-hybridized carbons (Fsp3) is 0.143. The molecule has 0 aromatic heterocycles. The minimum atomic E-state index is -3.74. The van der Waals surface area contributed by atoms with Gasteiger partial charge in [0, 0.05) is 19.7 Å². The highest BCUT2D eigenvalue weighted by Gasteiger charge is 2.22. The van der Waals surface area contributed by atoms with Crippen LogP contribution in [0.15, 0.2) is 65.6 Å². The predicted molar refractivity (Wildman–Crippen MR) is 111 cm³/mol. The van der Waals surface area contributed by atoms with Gasteiger partial charge < -0.3 is 4.74 Å². The Bertz CT molecular complexity index is 1200. The molecular weight excluding hydrogens is 414 g/mol. The summed E-state index contributed by atoms with van der Waals surface area (Å²) in [4.78, 5) is 24.7. The van der Waals surface area contributed by atoms with E-state index in [0.717, 1.165) is 21.1 Å². The minimum absolute atomic E-state index is 0.0332. The molecule has 3 rings (SSSR count). The summed E-state index contributed by atoms with van der Waals surface area (Å²) >= 11 is 6.02. The zero-order valence-corrected chi connectivity index (χ0v) is 17.3. The van der Waals surface area contributed by atoms with Crippen LogP contribution in [0.4, 0.5) is 0 Å². The quantitative estimate of drug-likeness (QED) is 0.438. The summed E-state index contributed by atoms with van der Waals surface area (Å²) in [6, 6.07) is 16.5. The van der Waals surface area contributed by atoms with Crippen LogP contribution in [0, 0.1) is 0 Å². The van der Waals surface area contributed by atoms with Gasteiger partial charge in [-0.3, -0.25) is 4.79 Å². The molecule has 0 saturated carbocycles. The summed E-state index contributed by atoms with van der Waals surface area (Å²) in [5, 5.41) is 1.92. The standard InChI is InChI=1S/C21H18ClNO5S/c1-23(2)29(26,27)17-9-10-19(22)18(12-17)21(25)28-13-20(24)16-8-7-14-5-3-4-6-15(14)11-16/h3-12H,13H2,1-2H3. The van der Waals surface area contributed by atoms with E-state index in [2.05, 4.69) is 0 Å². The number of benzene rings is 3. The molecule has 150 valence electrons. The Morgan fingerprint density at radius 1 is 0.966 bits per heavy atom. The molecule has 0 aliphatic heterocycles. The average molecular weight is 432 g/mol. The van der Waals surface area contributed by atoms with E-state index < -0.39 is 22.6 Å². The fourth-order valence-corrected chi connectivity index (χ4v) is 3.81. The van der Waals surface area contributed by atoms with Gasteiger partial charge in [-0.05, 0) is 35.0 Å². The van der Waals surface area contributed by atoms with E-state index in [4.69, 9.17) is 16.3 Å². The van der Waals surface area contributed by atoms with Crippen molar-refractivity contribution in [2.75, 3.05) is 20.7 Å². The first kappa shape index (κ1) is 21.0. The van der Waals surface area contributed by atoms with Crippen LogP contribution in [-0.4, -0.2) is 45.2 Å². The molecule has 3 aromatic rings. The summed E-state index contributed by atoms with van der Waals surface area (Å²) in [5.41, 5.74) is 0.285. The lowest BCUT2D eigenvalue weighted by Gasteiger charge is -2.13. The number of ketones is 1. The summed E-state index contributed by atoms with van der Waals surface area (Å²) < 4.78 is 30.6. The number of nitrogens with zero attached hydrogens (tertiary/aromatic N) is 1. The van der Waals surface area contributed by atoms with Gasteiger partial charge >= 0.3 is 5.97 Å². The molecule has 0 N–H and O–H groups in total. The molecule has 3 aromatic carbocycles. The average Bonchev–Trinajstić information content (AvgIpc) is 2.71. The number of Topliss-reactive ketones (excluding diaryl/α,β-unsaturated/α-hetero) is 1. The van der Waals surface area contributed by atoms with Crippen molar-refractivity contribution in [1.29, 1.82) is 0 Å². The normalized spacial score (nSPS) is 11.6. The van der Waals surface area contributed by atoms with Gasteiger partial charge in [-0.25, -0.2) is 17.5 Å². The van der Waals surface area contributed by atoms with E-state index in [0.29, 0.717) is 5.56 Å². The first-order chi connectivity index (χ1) is 13.7. The molecule has 0 fully saturated rings. The predicted octanol–water partition coefficient (Wildman–Crippen LogP) is 3.78. The van der Waals surface area contributed by atoms with Gasteiger partial charge in [0.1, 0.15) is 0 Å². The second-order valence-electron chi connectivity index (χ2n) is 6.49. The number of ether oxygens (including phenoxy) is 1. The SMILES string of the molecule is CN(C)S(=O)(=O)c1ccc(Cl)c(C(=O)OCC(=O)c2ccc3ccccc3c2)c1. The van der Waals surface area contributed by atoms with Gasteiger partial charge in [0.05, 0.1) is 15.5 Å². The number of carbonyl (C=O) groups excluding carboxylic acids is 2. The monoisotopic (exact) mass is 431 g/mol. The molecular formula is C21H18ClNO5S. The van der Waals surface area contributed by atoms with Gasteiger partial charge in [0.25, 0.3) is 0 Å². The summed E-state index contributed by atoms with van der Waals surface area (Å²) in [6.45, 7) is -0.488. The number of carbonyl (C=O) groups is 2. The first-order valence-corrected chi connectivity index (χ1v) is 10.4. The van der Waals surface area contributed by atoms with Crippen LogP contribution in [0.3, 0.4) is 0 Å². The molecule has 29 heavy (non-hydrogen) atoms. The van der Waals surface area contributed by atoms with Crippen molar-refractivity contribution in [3.8, 4) is 0 Å². The fourth-order valence-electron chi connectivity index (χ4n) is 2.69. The van der Waals surface area contributed by atoms with Crippen LogP contribution < -0.4 is 0 Å². The number of sulfonamides is 1. The smallest absolute Gasteiger partial charge is 0.340 e. The highest BCUT2D eigenvalue weighted by atomic mass is 35.5. The summed E-state index contributed by atoms with van der Waals surface area (Å²) in [6.07, 6.45) is 0. The van der Waals surface area contributed by atoms with Crippen molar-refractivity contribution in [3.63, 3.8) is 0 Å². The molecule has 0 radical (unpaired) electrons. The number of hydrogen-bond acceptors (Lipinski definition) is 5. The maximum atomic E-state index is 12.4.